The molecule has 0 fully saturated rings. The number of hydrogen-bond donors (Lipinski definition) is 0. The van der Waals surface area contributed by atoms with Gasteiger partial charge in [0.1, 0.15) is 0 Å². The van der Waals surface area contributed by atoms with E-state index in [9.17, 15) is 4.79 Å². The number of benzene rings is 1. The van der Waals surface area contributed by atoms with Gasteiger partial charge >= 0.3 is 0 Å². The number of hydrogen-bond acceptors (Lipinski definition) is 3. The maximum atomic E-state index is 12.4. The molecule has 0 saturated carbocycles. The lowest BCUT2D eigenvalue weighted by Gasteiger charge is -2.22. The van der Waals surface area contributed by atoms with E-state index in [0.29, 0.717) is 17.0 Å². The smallest absolute Gasteiger partial charge is 0.267 e. The summed E-state index contributed by atoms with van der Waals surface area (Å²) in [4.78, 5) is 16.4. The highest BCUT2D eigenvalue weighted by atomic mass is 35.5. The quantitative estimate of drug-likeness (QED) is 0.850. The van der Waals surface area contributed by atoms with E-state index >= 15 is 0 Å². The molecule has 5 heteroatoms. The Labute approximate surface area is 121 Å². The summed E-state index contributed by atoms with van der Waals surface area (Å²) in [6, 6.07) is 10.9. The van der Waals surface area contributed by atoms with Crippen molar-refractivity contribution >= 4 is 23.7 Å². The number of amides is 1. The number of pyridine rings is 1. The minimum absolute atomic E-state index is 0.0834. The molecule has 0 N–H and O–H groups in total. The molecular weight excluding hydrogens is 274 g/mol. The van der Waals surface area contributed by atoms with E-state index in [1.165, 1.54) is 5.01 Å². The highest BCUT2D eigenvalue weighted by molar-refractivity contribution is 6.30. The Morgan fingerprint density at radius 2 is 2.05 bits per heavy atom. The predicted octanol–water partition coefficient (Wildman–Crippen LogP) is 3.31. The molecule has 1 aliphatic heterocycles. The Hall–Kier alpha value is -2.20. The number of rotatable bonds is 2. The first-order valence-electron chi connectivity index (χ1n) is 6.27. The first kappa shape index (κ1) is 12.8. The van der Waals surface area contributed by atoms with Crippen LogP contribution in [0.5, 0.6) is 0 Å². The third-order valence-corrected chi connectivity index (χ3v) is 3.45. The van der Waals surface area contributed by atoms with E-state index in [4.69, 9.17) is 11.6 Å². The van der Waals surface area contributed by atoms with E-state index in [1.54, 1.807) is 30.7 Å². The second kappa shape index (κ2) is 5.43. The van der Waals surface area contributed by atoms with Gasteiger partial charge in [-0.05, 0) is 29.8 Å². The lowest BCUT2D eigenvalue weighted by atomic mass is 10.0. The molecule has 1 unspecified atom stereocenters. The highest BCUT2D eigenvalue weighted by Gasteiger charge is 2.28. The first-order valence-corrected chi connectivity index (χ1v) is 6.65. The molecule has 4 nitrogen and oxygen atoms in total. The number of aromatic nitrogens is 1. The Bertz CT molecular complexity index is 640. The van der Waals surface area contributed by atoms with Gasteiger partial charge in [-0.1, -0.05) is 23.7 Å². The number of halogens is 1. The van der Waals surface area contributed by atoms with Crippen molar-refractivity contribution in [1.29, 1.82) is 0 Å². The molecule has 2 aromatic rings. The fraction of sp³-hybridized carbons (Fsp3) is 0.133. The molecule has 1 atom stereocenters. The normalized spacial score (nSPS) is 17.4. The highest BCUT2D eigenvalue weighted by Crippen LogP contribution is 2.30. The van der Waals surface area contributed by atoms with Crippen LogP contribution in [-0.4, -0.2) is 22.1 Å². The number of carbonyl (C=O) groups is 1. The first-order chi connectivity index (χ1) is 9.75. The fourth-order valence-corrected chi connectivity index (χ4v) is 2.32. The van der Waals surface area contributed by atoms with Gasteiger partial charge in [-0.15, -0.1) is 0 Å². The predicted molar refractivity (Wildman–Crippen MR) is 77.7 cm³/mol. The van der Waals surface area contributed by atoms with E-state index in [2.05, 4.69) is 10.1 Å². The zero-order valence-corrected chi connectivity index (χ0v) is 11.4. The molecule has 0 saturated heterocycles. The second-order valence-electron chi connectivity index (χ2n) is 4.49. The molecule has 1 amide bonds. The maximum Gasteiger partial charge on any atom is 0.276 e. The van der Waals surface area contributed by atoms with Gasteiger partial charge in [-0.3, -0.25) is 9.78 Å². The van der Waals surface area contributed by atoms with Gasteiger partial charge in [-0.2, -0.15) is 5.10 Å². The van der Waals surface area contributed by atoms with Gasteiger partial charge in [0.25, 0.3) is 5.91 Å². The van der Waals surface area contributed by atoms with Gasteiger partial charge in [0.2, 0.25) is 0 Å². The van der Waals surface area contributed by atoms with Crippen LogP contribution in [-0.2, 0) is 0 Å². The summed E-state index contributed by atoms with van der Waals surface area (Å²) in [7, 11) is 0. The Morgan fingerprint density at radius 3 is 2.75 bits per heavy atom. The van der Waals surface area contributed by atoms with Gasteiger partial charge in [0, 0.05) is 30.1 Å². The summed E-state index contributed by atoms with van der Waals surface area (Å²) >= 11 is 5.89. The van der Waals surface area contributed by atoms with E-state index in [1.807, 2.05) is 24.3 Å². The Balaban J connectivity index is 1.87. The average Bonchev–Trinajstić information content (AvgIpc) is 2.97. The van der Waals surface area contributed by atoms with Crippen molar-refractivity contribution in [3.63, 3.8) is 0 Å². The Morgan fingerprint density at radius 1 is 1.25 bits per heavy atom. The van der Waals surface area contributed by atoms with Crippen LogP contribution < -0.4 is 0 Å². The van der Waals surface area contributed by atoms with Gasteiger partial charge in [-0.25, -0.2) is 5.01 Å². The number of carbonyl (C=O) groups excluding carboxylic acids is 1. The van der Waals surface area contributed by atoms with Gasteiger partial charge in [0.05, 0.1) is 11.6 Å². The number of hydrazone groups is 1. The van der Waals surface area contributed by atoms with Crippen molar-refractivity contribution in [2.24, 2.45) is 5.10 Å². The summed E-state index contributed by atoms with van der Waals surface area (Å²) in [5.74, 6) is -0.146. The van der Waals surface area contributed by atoms with E-state index in [0.717, 1.165) is 5.56 Å². The zero-order chi connectivity index (χ0) is 13.9. The monoisotopic (exact) mass is 285 g/mol. The van der Waals surface area contributed by atoms with Crippen molar-refractivity contribution < 1.29 is 4.79 Å². The van der Waals surface area contributed by atoms with Gasteiger partial charge < -0.3 is 0 Å². The van der Waals surface area contributed by atoms with Crippen molar-refractivity contribution in [2.45, 2.75) is 12.5 Å². The molecular formula is C15H12ClN3O. The van der Waals surface area contributed by atoms with Crippen LogP contribution in [0.15, 0.2) is 53.9 Å². The molecule has 0 spiro atoms. The molecule has 0 radical (unpaired) electrons. The third kappa shape index (κ3) is 2.42. The minimum atomic E-state index is -0.146. The molecule has 0 aliphatic carbocycles. The maximum absolute atomic E-state index is 12.4. The van der Waals surface area contributed by atoms with Crippen molar-refractivity contribution in [3.8, 4) is 0 Å². The summed E-state index contributed by atoms with van der Waals surface area (Å²) in [6.45, 7) is 0. The minimum Gasteiger partial charge on any atom is -0.267 e. The van der Waals surface area contributed by atoms with Crippen molar-refractivity contribution in [2.75, 3.05) is 0 Å². The zero-order valence-electron chi connectivity index (χ0n) is 10.6. The number of nitrogens with zero attached hydrogens (tertiary/aromatic N) is 3. The molecule has 3 rings (SSSR count). The van der Waals surface area contributed by atoms with Crippen LogP contribution in [0.2, 0.25) is 5.02 Å². The second-order valence-corrected chi connectivity index (χ2v) is 4.93. The van der Waals surface area contributed by atoms with Crippen LogP contribution in [0.3, 0.4) is 0 Å². The standard InChI is InChI=1S/C15H12ClN3O/c16-13-5-3-11(4-6-13)14-7-9-18-19(14)15(20)12-2-1-8-17-10-12/h1-6,8-10,14H,7H2. The molecule has 100 valence electrons. The van der Waals surface area contributed by atoms with Crippen LogP contribution >= 0.6 is 11.6 Å². The van der Waals surface area contributed by atoms with Crippen molar-refractivity contribution in [3.05, 3.63) is 64.9 Å². The molecule has 1 aliphatic rings. The molecule has 0 bridgehead atoms. The largest absolute Gasteiger partial charge is 0.276 e. The summed E-state index contributed by atoms with van der Waals surface area (Å²) in [5.41, 5.74) is 1.55. The van der Waals surface area contributed by atoms with E-state index < -0.39 is 0 Å². The summed E-state index contributed by atoms with van der Waals surface area (Å²) in [5, 5.41) is 6.37. The SMILES string of the molecule is O=C(c1cccnc1)N1N=CCC1c1ccc(Cl)cc1. The topological polar surface area (TPSA) is 45.6 Å². The van der Waals surface area contributed by atoms with Crippen LogP contribution in [0, 0.1) is 0 Å². The van der Waals surface area contributed by atoms with Crippen LogP contribution in [0.4, 0.5) is 0 Å². The van der Waals surface area contributed by atoms with Gasteiger partial charge in [0.15, 0.2) is 0 Å². The fourth-order valence-electron chi connectivity index (χ4n) is 2.19. The molecule has 1 aromatic heterocycles. The molecule has 1 aromatic carbocycles. The van der Waals surface area contributed by atoms with E-state index in [-0.39, 0.29) is 11.9 Å². The summed E-state index contributed by atoms with van der Waals surface area (Å²) in [6.07, 6.45) is 5.65. The Kier molecular flexibility index (Phi) is 3.48. The molecule has 2 heterocycles. The summed E-state index contributed by atoms with van der Waals surface area (Å²) < 4.78 is 0. The van der Waals surface area contributed by atoms with Crippen LogP contribution in [0.1, 0.15) is 28.4 Å². The lowest BCUT2D eigenvalue weighted by Crippen LogP contribution is -2.27. The molecule has 20 heavy (non-hydrogen) atoms. The third-order valence-electron chi connectivity index (χ3n) is 3.20. The average molecular weight is 286 g/mol. The van der Waals surface area contributed by atoms with Crippen molar-refractivity contribution in [1.82, 2.24) is 9.99 Å². The lowest BCUT2D eigenvalue weighted by molar-refractivity contribution is 0.0711. The van der Waals surface area contributed by atoms with Crippen LogP contribution in [0.25, 0.3) is 0 Å².